The number of aromatic nitrogens is 2. The zero-order valence-electron chi connectivity index (χ0n) is 10.1. The molecule has 2 atom stereocenters. The molecule has 1 aromatic rings. The fourth-order valence-corrected chi connectivity index (χ4v) is 4.77. The van der Waals surface area contributed by atoms with Crippen molar-refractivity contribution in [1.82, 2.24) is 14.7 Å². The summed E-state index contributed by atoms with van der Waals surface area (Å²) in [7, 11) is -2.95. The highest BCUT2D eigenvalue weighted by atomic mass is 32.2. The average molecular weight is 269 g/mol. The van der Waals surface area contributed by atoms with E-state index in [2.05, 4.69) is 5.10 Å². The normalized spacial score (nSPS) is 28.8. The smallest absolute Gasteiger partial charge is 0.274 e. The van der Waals surface area contributed by atoms with Gasteiger partial charge in [0.1, 0.15) is 5.69 Å². The van der Waals surface area contributed by atoms with E-state index in [9.17, 15) is 13.2 Å². The van der Waals surface area contributed by atoms with E-state index in [-0.39, 0.29) is 23.0 Å². The fraction of sp³-hybridized carbons (Fsp3) is 0.636. The zero-order valence-corrected chi connectivity index (χ0v) is 10.9. The third-order valence-electron chi connectivity index (χ3n) is 3.75. The van der Waals surface area contributed by atoms with E-state index < -0.39 is 9.84 Å². The maximum Gasteiger partial charge on any atom is 0.274 e. The van der Waals surface area contributed by atoms with E-state index in [4.69, 9.17) is 0 Å². The number of fused-ring (bicyclic) bond motifs is 2. The first-order valence-electron chi connectivity index (χ1n) is 6.07. The van der Waals surface area contributed by atoms with Gasteiger partial charge in [-0.15, -0.1) is 0 Å². The number of sulfone groups is 1. The molecule has 2 bridgehead atoms. The highest BCUT2D eigenvalue weighted by molar-refractivity contribution is 7.92. The predicted molar refractivity (Wildman–Crippen MR) is 64.9 cm³/mol. The molecule has 18 heavy (non-hydrogen) atoms. The Morgan fingerprint density at radius 3 is 2.83 bits per heavy atom. The maximum atomic E-state index is 12.2. The van der Waals surface area contributed by atoms with Crippen LogP contribution in [0.1, 0.15) is 23.8 Å². The molecule has 2 fully saturated rings. The molecule has 0 N–H and O–H groups in total. The van der Waals surface area contributed by atoms with Gasteiger partial charge in [-0.2, -0.15) is 5.10 Å². The molecule has 98 valence electrons. The molecule has 2 aliphatic rings. The monoisotopic (exact) mass is 269 g/mol. The van der Waals surface area contributed by atoms with Crippen molar-refractivity contribution in [3.8, 4) is 0 Å². The van der Waals surface area contributed by atoms with Gasteiger partial charge in [-0.1, -0.05) is 0 Å². The molecule has 0 radical (unpaired) electrons. The molecule has 0 aromatic carbocycles. The van der Waals surface area contributed by atoms with Crippen LogP contribution in [-0.4, -0.2) is 52.6 Å². The first-order chi connectivity index (χ1) is 8.51. The van der Waals surface area contributed by atoms with Gasteiger partial charge in [-0.3, -0.25) is 9.48 Å². The lowest BCUT2D eigenvalue weighted by atomic mass is 10.2. The Morgan fingerprint density at radius 1 is 1.56 bits per heavy atom. The minimum absolute atomic E-state index is 0.109. The van der Waals surface area contributed by atoms with Crippen molar-refractivity contribution in [2.45, 2.75) is 31.2 Å². The number of carbonyl (C=O) groups excluding carboxylic acids is 1. The Bertz CT molecular complexity index is 592. The Kier molecular flexibility index (Phi) is 2.48. The number of rotatable bonds is 2. The lowest BCUT2D eigenvalue weighted by Gasteiger charge is -2.25. The third-order valence-corrected chi connectivity index (χ3v) is 5.96. The van der Waals surface area contributed by atoms with Crippen molar-refractivity contribution in [2.75, 3.05) is 12.3 Å². The number of aryl methyl sites for hydroxylation is 1. The van der Waals surface area contributed by atoms with Crippen molar-refractivity contribution < 1.29 is 13.2 Å². The van der Waals surface area contributed by atoms with Crippen molar-refractivity contribution in [3.63, 3.8) is 0 Å². The van der Waals surface area contributed by atoms with Crippen molar-refractivity contribution in [2.24, 2.45) is 0 Å². The largest absolute Gasteiger partial charge is 0.332 e. The van der Waals surface area contributed by atoms with Gasteiger partial charge in [0, 0.05) is 25.3 Å². The standard InChI is InChI=1S/C11H15N3O3S/c1-2-13-4-3-10(12-13)11(15)14-6-9-5-8(14)7-18(9,16)17/h3-4,8-9H,2,5-7H2,1H3. The van der Waals surface area contributed by atoms with Crippen molar-refractivity contribution >= 4 is 15.7 Å². The summed E-state index contributed by atoms with van der Waals surface area (Å²) < 4.78 is 24.9. The molecule has 6 nitrogen and oxygen atoms in total. The molecule has 7 heteroatoms. The number of hydrogen-bond acceptors (Lipinski definition) is 4. The van der Waals surface area contributed by atoms with Gasteiger partial charge in [-0.25, -0.2) is 8.42 Å². The van der Waals surface area contributed by atoms with Gasteiger partial charge in [0.15, 0.2) is 9.84 Å². The Labute approximate surface area is 105 Å². The SMILES string of the molecule is CCn1ccc(C(=O)N2CC3CC2CS3(=O)=O)n1. The van der Waals surface area contributed by atoms with Gasteiger partial charge in [0.2, 0.25) is 0 Å². The molecule has 3 heterocycles. The van der Waals surface area contributed by atoms with Gasteiger partial charge >= 0.3 is 0 Å². The second kappa shape index (κ2) is 3.81. The molecule has 2 saturated heterocycles. The molecular formula is C11H15N3O3S. The summed E-state index contributed by atoms with van der Waals surface area (Å²) in [5.41, 5.74) is 0.404. The van der Waals surface area contributed by atoms with Gasteiger partial charge in [0.05, 0.1) is 11.0 Å². The molecule has 0 aliphatic carbocycles. The van der Waals surface area contributed by atoms with Crippen LogP contribution in [0.4, 0.5) is 0 Å². The minimum Gasteiger partial charge on any atom is -0.332 e. The zero-order chi connectivity index (χ0) is 12.9. The summed E-state index contributed by atoms with van der Waals surface area (Å²) in [6.45, 7) is 2.99. The van der Waals surface area contributed by atoms with Crippen LogP contribution < -0.4 is 0 Å². The molecule has 1 aromatic heterocycles. The molecule has 0 saturated carbocycles. The summed E-state index contributed by atoms with van der Waals surface area (Å²) in [5.74, 6) is -0.0395. The second-order valence-corrected chi connectivity index (χ2v) is 7.18. The predicted octanol–water partition coefficient (Wildman–Crippen LogP) is -0.0855. The number of nitrogens with zero attached hydrogens (tertiary/aromatic N) is 3. The average Bonchev–Trinajstić information content (AvgIpc) is 2.99. The third kappa shape index (κ3) is 1.65. The van der Waals surface area contributed by atoms with E-state index in [1.54, 1.807) is 21.8 Å². The van der Waals surface area contributed by atoms with E-state index in [0.29, 0.717) is 25.2 Å². The summed E-state index contributed by atoms with van der Waals surface area (Å²) in [4.78, 5) is 13.9. The van der Waals surface area contributed by atoms with Crippen LogP contribution in [0.5, 0.6) is 0 Å². The summed E-state index contributed by atoms with van der Waals surface area (Å²) in [6.07, 6.45) is 2.35. The molecule has 0 spiro atoms. The van der Waals surface area contributed by atoms with Gasteiger partial charge in [0.25, 0.3) is 5.91 Å². The summed E-state index contributed by atoms with van der Waals surface area (Å²) in [6, 6.07) is 1.53. The minimum atomic E-state index is -2.95. The van der Waals surface area contributed by atoms with Crippen LogP contribution >= 0.6 is 0 Å². The van der Waals surface area contributed by atoms with E-state index in [1.165, 1.54) is 0 Å². The van der Waals surface area contributed by atoms with E-state index in [1.807, 2.05) is 6.92 Å². The topological polar surface area (TPSA) is 72.3 Å². The number of carbonyl (C=O) groups is 1. The molecule has 1 amide bonds. The molecular weight excluding hydrogens is 254 g/mol. The van der Waals surface area contributed by atoms with Crippen molar-refractivity contribution in [3.05, 3.63) is 18.0 Å². The summed E-state index contributed by atoms with van der Waals surface area (Å²) >= 11 is 0. The highest BCUT2D eigenvalue weighted by Crippen LogP contribution is 2.33. The summed E-state index contributed by atoms with van der Waals surface area (Å²) in [5, 5.41) is 3.81. The maximum absolute atomic E-state index is 12.2. The van der Waals surface area contributed by atoms with Crippen molar-refractivity contribution in [1.29, 1.82) is 0 Å². The first kappa shape index (κ1) is 11.7. The van der Waals surface area contributed by atoms with E-state index in [0.717, 1.165) is 0 Å². The van der Waals surface area contributed by atoms with Crippen LogP contribution in [0.15, 0.2) is 12.3 Å². The number of hydrogen-bond donors (Lipinski definition) is 0. The lowest BCUT2D eigenvalue weighted by molar-refractivity contribution is 0.0739. The molecule has 2 aliphatic heterocycles. The second-order valence-electron chi connectivity index (χ2n) is 4.86. The Hall–Kier alpha value is -1.37. The van der Waals surface area contributed by atoms with Gasteiger partial charge < -0.3 is 4.90 Å². The van der Waals surface area contributed by atoms with Crippen LogP contribution in [0.3, 0.4) is 0 Å². The van der Waals surface area contributed by atoms with Crippen LogP contribution in [0, 0.1) is 0 Å². The quantitative estimate of drug-likeness (QED) is 0.752. The molecule has 2 unspecified atom stereocenters. The molecule has 3 rings (SSSR count). The first-order valence-corrected chi connectivity index (χ1v) is 7.79. The lowest BCUT2D eigenvalue weighted by Crippen LogP contribution is -2.44. The Balaban J connectivity index is 1.80. The number of likely N-dealkylation sites (tertiary alicyclic amines) is 1. The highest BCUT2D eigenvalue weighted by Gasteiger charge is 2.50. The van der Waals surface area contributed by atoms with E-state index >= 15 is 0 Å². The van der Waals surface area contributed by atoms with Crippen LogP contribution in [0.25, 0.3) is 0 Å². The fourth-order valence-electron chi connectivity index (χ4n) is 2.74. The Morgan fingerprint density at radius 2 is 2.33 bits per heavy atom. The van der Waals surface area contributed by atoms with Crippen LogP contribution in [0.2, 0.25) is 0 Å². The van der Waals surface area contributed by atoms with Crippen LogP contribution in [-0.2, 0) is 16.4 Å². The number of amides is 1. The van der Waals surface area contributed by atoms with Gasteiger partial charge in [-0.05, 0) is 19.4 Å².